The Morgan fingerprint density at radius 3 is 2.20 bits per heavy atom. The van der Waals surface area contributed by atoms with E-state index in [1.54, 1.807) is 6.92 Å². The van der Waals surface area contributed by atoms with Gasteiger partial charge in [0.05, 0.1) is 6.10 Å². The van der Waals surface area contributed by atoms with Crippen molar-refractivity contribution in [3.05, 3.63) is 0 Å². The van der Waals surface area contributed by atoms with Gasteiger partial charge in [-0.2, -0.15) is 0 Å². The van der Waals surface area contributed by atoms with E-state index < -0.39 is 0 Å². The van der Waals surface area contributed by atoms with Crippen molar-refractivity contribution in [2.45, 2.75) is 13.0 Å². The normalized spacial score (nSPS) is 15.0. The fourth-order valence-electron chi connectivity index (χ4n) is 0. The van der Waals surface area contributed by atoms with Crippen LogP contribution in [0.2, 0.25) is 0 Å². The van der Waals surface area contributed by atoms with Crippen LogP contribution in [0.1, 0.15) is 6.92 Å². The Hall–Kier alpha value is 0.690. The van der Waals surface area contributed by atoms with Crippen molar-refractivity contribution in [3.63, 3.8) is 0 Å². The molecule has 0 amide bonds. The molecule has 2 heteroatoms. The van der Waals surface area contributed by atoms with Crippen molar-refractivity contribution >= 4 is 22.6 Å². The molecule has 0 aromatic rings. The third-order valence-corrected chi connectivity index (χ3v) is 1.50. The lowest BCUT2D eigenvalue weighted by Crippen LogP contribution is -1.97. The van der Waals surface area contributed by atoms with E-state index in [9.17, 15) is 0 Å². The third kappa shape index (κ3) is 4.69. The molecule has 0 radical (unpaired) electrons. The Bertz CT molecular complexity index is 20.9. The molecule has 1 N–H and O–H groups in total. The smallest absolute Gasteiger partial charge is 0.0601 e. The van der Waals surface area contributed by atoms with Crippen molar-refractivity contribution in [3.8, 4) is 0 Å². The van der Waals surface area contributed by atoms with Gasteiger partial charge in [0.1, 0.15) is 0 Å². The fourth-order valence-corrected chi connectivity index (χ4v) is 0. The largest absolute Gasteiger partial charge is 0.393 e. The number of rotatable bonds is 1. The van der Waals surface area contributed by atoms with Crippen LogP contribution < -0.4 is 0 Å². The number of hydrogen-bond acceptors (Lipinski definition) is 1. The molecule has 0 saturated heterocycles. The highest BCUT2D eigenvalue weighted by Crippen LogP contribution is 1.85. The Labute approximate surface area is 45.5 Å². The maximum absolute atomic E-state index is 8.35. The molecule has 0 aliphatic carbocycles. The fraction of sp³-hybridized carbons (Fsp3) is 1.00. The van der Waals surface area contributed by atoms with E-state index in [0.29, 0.717) is 0 Å². The Morgan fingerprint density at radius 2 is 2.20 bits per heavy atom. The Morgan fingerprint density at radius 1 is 2.00 bits per heavy atom. The second kappa shape index (κ2) is 2.90. The van der Waals surface area contributed by atoms with Crippen molar-refractivity contribution < 1.29 is 5.11 Å². The molecular weight excluding hydrogens is 179 g/mol. The van der Waals surface area contributed by atoms with E-state index in [1.807, 2.05) is 0 Å². The minimum atomic E-state index is -0.129. The highest BCUT2D eigenvalue weighted by molar-refractivity contribution is 14.1. The average Bonchev–Trinajstić information content (AvgIpc) is 1.38. The van der Waals surface area contributed by atoms with Crippen LogP contribution >= 0.6 is 22.6 Å². The maximum atomic E-state index is 8.35. The van der Waals surface area contributed by atoms with E-state index in [2.05, 4.69) is 22.6 Å². The molecule has 0 aromatic heterocycles. The molecule has 0 spiro atoms. The van der Waals surface area contributed by atoms with Crippen molar-refractivity contribution in [2.24, 2.45) is 0 Å². The highest BCUT2D eigenvalue weighted by Gasteiger charge is 1.83. The van der Waals surface area contributed by atoms with Gasteiger partial charge in [-0.25, -0.2) is 0 Å². The van der Waals surface area contributed by atoms with Crippen LogP contribution in [-0.4, -0.2) is 15.6 Å². The van der Waals surface area contributed by atoms with Crippen LogP contribution in [0.25, 0.3) is 0 Å². The monoisotopic (exact) mass is 186 g/mol. The van der Waals surface area contributed by atoms with Crippen LogP contribution in [0.3, 0.4) is 0 Å². The molecule has 0 aromatic carbocycles. The molecule has 0 aliphatic heterocycles. The van der Waals surface area contributed by atoms with E-state index in [1.165, 1.54) is 0 Å². The van der Waals surface area contributed by atoms with Gasteiger partial charge in [-0.05, 0) is 6.92 Å². The molecule has 5 heavy (non-hydrogen) atoms. The van der Waals surface area contributed by atoms with Crippen LogP contribution in [0.4, 0.5) is 0 Å². The first kappa shape index (κ1) is 5.69. The standard InChI is InChI=1S/C3H7IO/c1-3(5)2-4/h3,5H,2H2,1H3. The Kier molecular flexibility index (Phi) is 3.30. The summed E-state index contributed by atoms with van der Waals surface area (Å²) in [6, 6.07) is 0. The maximum Gasteiger partial charge on any atom is 0.0601 e. The zero-order valence-electron chi connectivity index (χ0n) is 3.11. The van der Waals surface area contributed by atoms with E-state index in [0.717, 1.165) is 4.43 Å². The summed E-state index contributed by atoms with van der Waals surface area (Å²) in [7, 11) is 0. The summed E-state index contributed by atoms with van der Waals surface area (Å²) in [5, 5.41) is 8.35. The predicted molar refractivity (Wildman–Crippen MR) is 30.6 cm³/mol. The summed E-state index contributed by atoms with van der Waals surface area (Å²) in [6.45, 7) is 1.77. The SMILES string of the molecule is CC(O)CI. The third-order valence-electron chi connectivity index (χ3n) is 0.223. The van der Waals surface area contributed by atoms with Gasteiger partial charge in [-0.15, -0.1) is 0 Å². The van der Waals surface area contributed by atoms with Crippen molar-refractivity contribution in [1.29, 1.82) is 0 Å². The van der Waals surface area contributed by atoms with Gasteiger partial charge >= 0.3 is 0 Å². The predicted octanol–water partition coefficient (Wildman–Crippen LogP) is 0.802. The zero-order valence-corrected chi connectivity index (χ0v) is 5.27. The van der Waals surface area contributed by atoms with Gasteiger partial charge < -0.3 is 5.11 Å². The summed E-state index contributed by atoms with van der Waals surface area (Å²) in [5.41, 5.74) is 0. The molecule has 0 fully saturated rings. The van der Waals surface area contributed by atoms with Crippen LogP contribution in [0.15, 0.2) is 0 Å². The first-order valence-corrected chi connectivity index (χ1v) is 3.04. The zero-order chi connectivity index (χ0) is 4.28. The van der Waals surface area contributed by atoms with Crippen molar-refractivity contribution in [1.82, 2.24) is 0 Å². The van der Waals surface area contributed by atoms with Gasteiger partial charge in [0.2, 0.25) is 0 Å². The molecule has 0 bridgehead atoms. The molecule has 32 valence electrons. The molecular formula is C3H7IO. The van der Waals surface area contributed by atoms with E-state index in [4.69, 9.17) is 5.11 Å². The van der Waals surface area contributed by atoms with Crippen LogP contribution in [0.5, 0.6) is 0 Å². The number of aliphatic hydroxyl groups excluding tert-OH is 1. The van der Waals surface area contributed by atoms with Gasteiger partial charge in [-0.3, -0.25) is 0 Å². The molecule has 0 heterocycles. The summed E-state index contributed by atoms with van der Waals surface area (Å²) >= 11 is 2.13. The lowest BCUT2D eigenvalue weighted by atomic mass is 10.5. The number of alkyl halides is 1. The molecule has 0 saturated carbocycles. The summed E-state index contributed by atoms with van der Waals surface area (Å²) in [6.07, 6.45) is -0.129. The molecule has 0 rings (SSSR count). The summed E-state index contributed by atoms with van der Waals surface area (Å²) in [5.74, 6) is 0. The number of hydrogen-bond donors (Lipinski definition) is 1. The molecule has 1 unspecified atom stereocenters. The van der Waals surface area contributed by atoms with Crippen LogP contribution in [-0.2, 0) is 0 Å². The average molecular weight is 186 g/mol. The first-order valence-electron chi connectivity index (χ1n) is 1.51. The second-order valence-electron chi connectivity index (χ2n) is 1.00. The number of aliphatic hydroxyl groups is 1. The van der Waals surface area contributed by atoms with Crippen molar-refractivity contribution in [2.75, 3.05) is 4.43 Å². The topological polar surface area (TPSA) is 20.2 Å². The van der Waals surface area contributed by atoms with Gasteiger partial charge in [0, 0.05) is 4.43 Å². The summed E-state index contributed by atoms with van der Waals surface area (Å²) in [4.78, 5) is 0. The Balaban J connectivity index is 2.54. The van der Waals surface area contributed by atoms with Gasteiger partial charge in [-0.1, -0.05) is 22.6 Å². The first-order chi connectivity index (χ1) is 2.27. The van der Waals surface area contributed by atoms with Crippen LogP contribution in [0, 0.1) is 0 Å². The quantitative estimate of drug-likeness (QED) is 0.474. The lowest BCUT2D eigenvalue weighted by molar-refractivity contribution is 0.223. The molecule has 1 nitrogen and oxygen atoms in total. The molecule has 0 aliphatic rings. The molecule has 1 atom stereocenters. The van der Waals surface area contributed by atoms with Gasteiger partial charge in [0.25, 0.3) is 0 Å². The van der Waals surface area contributed by atoms with E-state index in [-0.39, 0.29) is 6.10 Å². The lowest BCUT2D eigenvalue weighted by Gasteiger charge is -1.89. The second-order valence-corrected chi connectivity index (χ2v) is 1.88. The van der Waals surface area contributed by atoms with E-state index >= 15 is 0 Å². The number of halogens is 1. The highest BCUT2D eigenvalue weighted by atomic mass is 127. The van der Waals surface area contributed by atoms with Gasteiger partial charge in [0.15, 0.2) is 0 Å². The minimum Gasteiger partial charge on any atom is -0.393 e. The minimum absolute atomic E-state index is 0.129. The summed E-state index contributed by atoms with van der Waals surface area (Å²) < 4.78 is 0.831.